The Balaban J connectivity index is 2.44. The summed E-state index contributed by atoms with van der Waals surface area (Å²) in [7, 11) is 0. The van der Waals surface area contributed by atoms with Crippen molar-refractivity contribution in [2.75, 3.05) is 0 Å². The van der Waals surface area contributed by atoms with Gasteiger partial charge in [-0.05, 0) is 43.4 Å². The van der Waals surface area contributed by atoms with Gasteiger partial charge in [0.05, 0.1) is 6.10 Å². The normalized spacial score (nSPS) is 12.8. The minimum atomic E-state index is -0.184. The summed E-state index contributed by atoms with van der Waals surface area (Å²) in [4.78, 5) is 0. The number of aliphatic hydroxyl groups is 1. The molecule has 0 aliphatic heterocycles. The van der Waals surface area contributed by atoms with E-state index in [-0.39, 0.29) is 6.10 Å². The van der Waals surface area contributed by atoms with Crippen LogP contribution in [-0.2, 0) is 6.42 Å². The highest BCUT2D eigenvalue weighted by Gasteiger charge is 2.04. The summed E-state index contributed by atoms with van der Waals surface area (Å²) >= 11 is 11.8. The summed E-state index contributed by atoms with van der Waals surface area (Å²) in [5, 5.41) is 10.8. The summed E-state index contributed by atoms with van der Waals surface area (Å²) < 4.78 is 0. The summed E-state index contributed by atoms with van der Waals surface area (Å²) in [6, 6.07) is 5.55. The first-order chi connectivity index (χ1) is 7.13. The number of aliphatic hydroxyl groups excluding tert-OH is 1. The maximum absolute atomic E-state index is 9.40. The zero-order valence-electron chi connectivity index (χ0n) is 8.84. The van der Waals surface area contributed by atoms with E-state index in [1.165, 1.54) is 0 Å². The predicted octanol–water partition coefficient (Wildman–Crippen LogP) is 4.09. The topological polar surface area (TPSA) is 20.2 Å². The first-order valence-corrected chi connectivity index (χ1v) is 6.01. The van der Waals surface area contributed by atoms with Crippen molar-refractivity contribution in [1.29, 1.82) is 0 Å². The lowest BCUT2D eigenvalue weighted by Gasteiger charge is -2.08. The van der Waals surface area contributed by atoms with Crippen LogP contribution in [0.15, 0.2) is 18.2 Å². The molecule has 0 spiro atoms. The van der Waals surface area contributed by atoms with Crippen molar-refractivity contribution < 1.29 is 5.11 Å². The zero-order chi connectivity index (χ0) is 11.3. The molecule has 1 rings (SSSR count). The molecule has 1 nitrogen and oxygen atoms in total. The van der Waals surface area contributed by atoms with Gasteiger partial charge >= 0.3 is 0 Å². The van der Waals surface area contributed by atoms with Crippen LogP contribution in [0.1, 0.15) is 31.7 Å². The lowest BCUT2D eigenvalue weighted by atomic mass is 10.0. The fourth-order valence-corrected chi connectivity index (χ4v) is 1.96. The van der Waals surface area contributed by atoms with E-state index < -0.39 is 0 Å². The molecule has 84 valence electrons. The van der Waals surface area contributed by atoms with Gasteiger partial charge in [0.25, 0.3) is 0 Å². The Morgan fingerprint density at radius 2 is 2.07 bits per heavy atom. The SMILES string of the molecule is CCC(O)CCCc1ccc(Cl)cc1Cl. The third kappa shape index (κ3) is 4.42. The summed E-state index contributed by atoms with van der Waals surface area (Å²) in [6.45, 7) is 1.99. The Kier molecular flexibility index (Phi) is 5.44. The second-order valence-corrected chi connectivity index (χ2v) is 4.53. The highest BCUT2D eigenvalue weighted by Crippen LogP contribution is 2.22. The fourth-order valence-electron chi connectivity index (χ4n) is 1.46. The number of hydrogen-bond acceptors (Lipinski definition) is 1. The van der Waals surface area contributed by atoms with Gasteiger partial charge in [-0.2, -0.15) is 0 Å². The van der Waals surface area contributed by atoms with Crippen LogP contribution in [0.4, 0.5) is 0 Å². The van der Waals surface area contributed by atoms with E-state index in [1.807, 2.05) is 19.1 Å². The van der Waals surface area contributed by atoms with Gasteiger partial charge in [0.2, 0.25) is 0 Å². The largest absolute Gasteiger partial charge is 0.393 e. The fraction of sp³-hybridized carbons (Fsp3) is 0.500. The highest BCUT2D eigenvalue weighted by molar-refractivity contribution is 6.35. The van der Waals surface area contributed by atoms with Crippen LogP contribution >= 0.6 is 23.2 Å². The van der Waals surface area contributed by atoms with E-state index in [9.17, 15) is 5.11 Å². The van der Waals surface area contributed by atoms with Crippen LogP contribution in [0, 0.1) is 0 Å². The molecule has 0 aromatic heterocycles. The minimum Gasteiger partial charge on any atom is -0.393 e. The summed E-state index contributed by atoms with van der Waals surface area (Å²) in [5.74, 6) is 0. The molecule has 1 unspecified atom stereocenters. The smallest absolute Gasteiger partial charge is 0.0537 e. The van der Waals surface area contributed by atoms with E-state index in [0.717, 1.165) is 31.2 Å². The van der Waals surface area contributed by atoms with Crippen molar-refractivity contribution in [3.05, 3.63) is 33.8 Å². The van der Waals surface area contributed by atoms with Crippen molar-refractivity contribution in [3.63, 3.8) is 0 Å². The van der Waals surface area contributed by atoms with Gasteiger partial charge in [-0.25, -0.2) is 0 Å². The molecule has 1 aromatic carbocycles. The van der Waals surface area contributed by atoms with Crippen LogP contribution < -0.4 is 0 Å². The monoisotopic (exact) mass is 246 g/mol. The molecule has 1 N–H and O–H groups in total. The van der Waals surface area contributed by atoms with E-state index >= 15 is 0 Å². The second kappa shape index (κ2) is 6.37. The summed E-state index contributed by atoms with van der Waals surface area (Å²) in [5.41, 5.74) is 1.10. The van der Waals surface area contributed by atoms with Crippen molar-refractivity contribution in [1.82, 2.24) is 0 Å². The molecule has 0 amide bonds. The van der Waals surface area contributed by atoms with Gasteiger partial charge < -0.3 is 5.11 Å². The lowest BCUT2D eigenvalue weighted by Crippen LogP contribution is -2.04. The number of halogens is 2. The molecular formula is C12H16Cl2O. The molecule has 0 aliphatic rings. The first-order valence-electron chi connectivity index (χ1n) is 5.25. The molecule has 0 heterocycles. The average molecular weight is 247 g/mol. The maximum Gasteiger partial charge on any atom is 0.0537 e. The molecule has 0 saturated carbocycles. The van der Waals surface area contributed by atoms with Gasteiger partial charge in [-0.3, -0.25) is 0 Å². The number of hydrogen-bond donors (Lipinski definition) is 1. The van der Waals surface area contributed by atoms with Crippen LogP contribution in [0.5, 0.6) is 0 Å². The third-order valence-corrected chi connectivity index (χ3v) is 3.06. The Morgan fingerprint density at radius 1 is 1.33 bits per heavy atom. The molecule has 0 saturated heterocycles. The molecule has 0 fully saturated rings. The van der Waals surface area contributed by atoms with E-state index in [1.54, 1.807) is 6.07 Å². The standard InChI is InChI=1S/C12H16Cl2O/c1-2-11(15)5-3-4-9-6-7-10(13)8-12(9)14/h6-8,11,15H,2-5H2,1H3. The Labute approximate surface area is 101 Å². The third-order valence-electron chi connectivity index (χ3n) is 2.47. The molecular weight excluding hydrogens is 231 g/mol. The molecule has 0 radical (unpaired) electrons. The van der Waals surface area contributed by atoms with Gasteiger partial charge in [0.1, 0.15) is 0 Å². The van der Waals surface area contributed by atoms with Crippen molar-refractivity contribution >= 4 is 23.2 Å². The van der Waals surface area contributed by atoms with Crippen LogP contribution in [0.3, 0.4) is 0 Å². The summed E-state index contributed by atoms with van der Waals surface area (Å²) in [6.07, 6.45) is 3.31. The van der Waals surface area contributed by atoms with Crippen LogP contribution in [-0.4, -0.2) is 11.2 Å². The number of benzene rings is 1. The molecule has 1 aromatic rings. The van der Waals surface area contributed by atoms with Crippen LogP contribution in [0.25, 0.3) is 0 Å². The van der Waals surface area contributed by atoms with Crippen molar-refractivity contribution in [2.45, 2.75) is 38.7 Å². The minimum absolute atomic E-state index is 0.184. The van der Waals surface area contributed by atoms with Gasteiger partial charge in [-0.1, -0.05) is 36.2 Å². The first kappa shape index (κ1) is 12.8. The maximum atomic E-state index is 9.40. The molecule has 0 bridgehead atoms. The molecule has 15 heavy (non-hydrogen) atoms. The zero-order valence-corrected chi connectivity index (χ0v) is 10.4. The average Bonchev–Trinajstić information content (AvgIpc) is 2.21. The van der Waals surface area contributed by atoms with Crippen molar-refractivity contribution in [2.24, 2.45) is 0 Å². The molecule has 3 heteroatoms. The van der Waals surface area contributed by atoms with Gasteiger partial charge in [0, 0.05) is 10.0 Å². The van der Waals surface area contributed by atoms with Gasteiger partial charge in [-0.15, -0.1) is 0 Å². The highest BCUT2D eigenvalue weighted by atomic mass is 35.5. The molecule has 0 aliphatic carbocycles. The Morgan fingerprint density at radius 3 is 2.67 bits per heavy atom. The van der Waals surface area contributed by atoms with E-state index in [2.05, 4.69) is 0 Å². The Hall–Kier alpha value is -0.240. The van der Waals surface area contributed by atoms with Crippen LogP contribution in [0.2, 0.25) is 10.0 Å². The quantitative estimate of drug-likeness (QED) is 0.830. The Bertz CT molecular complexity index is 312. The van der Waals surface area contributed by atoms with Gasteiger partial charge in [0.15, 0.2) is 0 Å². The van der Waals surface area contributed by atoms with E-state index in [0.29, 0.717) is 10.0 Å². The number of aryl methyl sites for hydroxylation is 1. The van der Waals surface area contributed by atoms with E-state index in [4.69, 9.17) is 23.2 Å². The predicted molar refractivity (Wildman–Crippen MR) is 65.7 cm³/mol. The second-order valence-electron chi connectivity index (χ2n) is 3.69. The lowest BCUT2D eigenvalue weighted by molar-refractivity contribution is 0.158. The number of rotatable bonds is 5. The molecule has 1 atom stereocenters. The van der Waals surface area contributed by atoms with Crippen molar-refractivity contribution in [3.8, 4) is 0 Å².